The maximum absolute atomic E-state index is 11.0. The topological polar surface area (TPSA) is 38.3 Å². The second kappa shape index (κ2) is 5.92. The zero-order valence-electron chi connectivity index (χ0n) is 7.09. The zero-order chi connectivity index (χ0) is 8.69. The van der Waals surface area contributed by atoms with E-state index in [1.807, 2.05) is 6.92 Å². The monoisotopic (exact) mass is 159 g/mol. The van der Waals surface area contributed by atoms with Gasteiger partial charge in [-0.05, 0) is 13.5 Å². The fourth-order valence-corrected chi connectivity index (χ4v) is 0.715. The first kappa shape index (κ1) is 10.2. The number of carbonyl (C=O) groups is 1. The lowest BCUT2D eigenvalue weighted by Crippen LogP contribution is -2.35. The molecule has 0 aromatic rings. The molecule has 0 aliphatic heterocycles. The van der Waals surface area contributed by atoms with Crippen LogP contribution in [0.5, 0.6) is 0 Å². The summed E-state index contributed by atoms with van der Waals surface area (Å²) in [7, 11) is 0. The summed E-state index contributed by atoms with van der Waals surface area (Å²) in [5.74, 6) is -0.260. The highest BCUT2D eigenvalue weighted by atomic mass is 16.5. The van der Waals surface area contributed by atoms with Crippen molar-refractivity contribution in [1.29, 1.82) is 0 Å². The quantitative estimate of drug-likeness (QED) is 0.479. The highest BCUT2D eigenvalue weighted by Gasteiger charge is 2.12. The van der Waals surface area contributed by atoms with Gasteiger partial charge in [-0.15, -0.1) is 6.58 Å². The number of carbonyl (C=O) groups excluding carboxylic acids is 1. The molecule has 0 aliphatic carbocycles. The molecule has 3 nitrogen and oxygen atoms in total. The van der Waals surface area contributed by atoms with Gasteiger partial charge in [0.1, 0.15) is 6.04 Å². The predicted molar refractivity (Wildman–Crippen MR) is 46.4 cm³/mol. The maximum Gasteiger partial charge on any atom is 0.327 e. The first-order valence-electron chi connectivity index (χ1n) is 3.78. The van der Waals surface area contributed by atoms with E-state index in [1.54, 1.807) is 13.0 Å². The van der Waals surface area contributed by atoms with Crippen LogP contribution in [0.4, 0.5) is 0 Å². The molecule has 1 atom stereocenters. The Hall–Kier alpha value is -0.830. The van der Waals surface area contributed by atoms with Gasteiger partial charge in [0.2, 0.25) is 0 Å². The lowest BCUT2D eigenvalue weighted by molar-refractivity contribution is -0.144. The van der Waals surface area contributed by atoms with Gasteiger partial charge in [0.05, 0.1) is 6.61 Å². The summed E-state index contributed by atoms with van der Waals surface area (Å²) in [5.41, 5.74) is 0. The number of nitrogens with one attached hydrogen (secondary N) is 1. The molecule has 0 saturated heterocycles. The third kappa shape index (κ3) is 3.78. The van der Waals surface area contributed by atoms with Crippen molar-refractivity contribution in [3.8, 4) is 0 Å². The Morgan fingerprint density at radius 2 is 2.45 bits per heavy atom. The average molecular weight is 159 g/mol. The van der Waals surface area contributed by atoms with Crippen LogP contribution in [0, 0.1) is 0 Å². The number of hydrogen-bond donors (Lipinski definition) is 1. The van der Waals surface area contributed by atoms with E-state index >= 15 is 0 Å². The van der Waals surface area contributed by atoms with Crippen LogP contribution in [0.2, 0.25) is 0 Å². The summed E-state index contributed by atoms with van der Waals surface area (Å²) < 4.78 is 4.77. The minimum Gasteiger partial charge on any atom is -0.465 e. The van der Waals surface area contributed by atoms with Gasteiger partial charge in [-0.1, -0.05) is 13.0 Å². The fraction of sp³-hybridized carbons (Fsp3) is 0.625. The van der Waals surface area contributed by atoms with Gasteiger partial charge in [0, 0.05) is 1.43 Å². The number of esters is 1. The highest BCUT2D eigenvalue weighted by Crippen LogP contribution is 1.89. The number of hydrogen-bond acceptors (Lipinski definition) is 3. The molecule has 0 heterocycles. The fourth-order valence-electron chi connectivity index (χ4n) is 0.715. The van der Waals surface area contributed by atoms with E-state index in [-0.39, 0.29) is 13.4 Å². The molecular formula is C8H17NO2. The Balaban J connectivity index is 0. The molecule has 11 heavy (non-hydrogen) atoms. The largest absolute Gasteiger partial charge is 0.465 e. The first-order valence-corrected chi connectivity index (χ1v) is 3.78. The molecule has 0 fully saturated rings. The van der Waals surface area contributed by atoms with E-state index in [9.17, 15) is 4.79 Å². The minimum atomic E-state index is -0.361. The van der Waals surface area contributed by atoms with Crippen LogP contribution in [-0.4, -0.2) is 25.2 Å². The summed E-state index contributed by atoms with van der Waals surface area (Å²) in [6.07, 6.45) is 1.54. The van der Waals surface area contributed by atoms with Gasteiger partial charge in [0.15, 0.2) is 0 Å². The maximum atomic E-state index is 11.0. The molecule has 0 aromatic heterocycles. The third-order valence-corrected chi connectivity index (χ3v) is 1.20. The highest BCUT2D eigenvalue weighted by molar-refractivity contribution is 5.77. The molecule has 0 bridgehead atoms. The third-order valence-electron chi connectivity index (χ3n) is 1.20. The van der Waals surface area contributed by atoms with Crippen molar-refractivity contribution in [2.24, 2.45) is 0 Å². The van der Waals surface area contributed by atoms with Crippen LogP contribution in [0.1, 0.15) is 15.3 Å². The lowest BCUT2D eigenvalue weighted by Gasteiger charge is -2.10. The molecule has 0 spiro atoms. The number of ether oxygens (including phenoxy) is 1. The van der Waals surface area contributed by atoms with Crippen molar-refractivity contribution in [3.05, 3.63) is 12.7 Å². The molecule has 0 aromatic carbocycles. The Kier molecular flexibility index (Phi) is 5.47. The van der Waals surface area contributed by atoms with Crippen molar-refractivity contribution >= 4 is 5.97 Å². The van der Waals surface area contributed by atoms with E-state index in [4.69, 9.17) is 4.74 Å². The lowest BCUT2D eigenvalue weighted by atomic mass is 10.3. The summed E-state index contributed by atoms with van der Waals surface area (Å²) >= 11 is 0. The van der Waals surface area contributed by atoms with Crippen molar-refractivity contribution < 1.29 is 11.0 Å². The van der Waals surface area contributed by atoms with Crippen LogP contribution < -0.4 is 5.32 Å². The van der Waals surface area contributed by atoms with Crippen molar-refractivity contribution in [1.82, 2.24) is 5.32 Å². The van der Waals surface area contributed by atoms with E-state index < -0.39 is 0 Å². The Labute approximate surface area is 68.9 Å². The molecule has 66 valence electrons. The van der Waals surface area contributed by atoms with Crippen LogP contribution in [0.3, 0.4) is 0 Å². The SMILES string of the molecule is C=C[C@H](NCC)C(=O)OCC.[HH]. The second-order valence-electron chi connectivity index (χ2n) is 2.02. The second-order valence-corrected chi connectivity index (χ2v) is 2.02. The van der Waals surface area contributed by atoms with E-state index in [0.29, 0.717) is 6.61 Å². The van der Waals surface area contributed by atoms with Gasteiger partial charge >= 0.3 is 5.97 Å². The molecule has 3 heteroatoms. The summed E-state index contributed by atoms with van der Waals surface area (Å²) in [6, 6.07) is -0.361. The van der Waals surface area contributed by atoms with E-state index in [0.717, 1.165) is 6.54 Å². The van der Waals surface area contributed by atoms with E-state index in [2.05, 4.69) is 11.9 Å². The summed E-state index contributed by atoms with van der Waals surface area (Å²) in [4.78, 5) is 11.0. The van der Waals surface area contributed by atoms with Crippen LogP contribution in [-0.2, 0) is 9.53 Å². The number of rotatable bonds is 5. The summed E-state index contributed by atoms with van der Waals surface area (Å²) in [5, 5.41) is 2.92. The summed E-state index contributed by atoms with van der Waals surface area (Å²) in [6.45, 7) is 8.37. The molecule has 0 radical (unpaired) electrons. The minimum absolute atomic E-state index is 0. The van der Waals surface area contributed by atoms with Crippen molar-refractivity contribution in [2.75, 3.05) is 13.2 Å². The molecular weight excluding hydrogens is 142 g/mol. The van der Waals surface area contributed by atoms with Gasteiger partial charge in [-0.2, -0.15) is 0 Å². The standard InChI is InChI=1S/C8H15NO2.H2/c1-4-7(9-5-2)8(10)11-6-3;/h4,7,9H,1,5-6H2,2-3H3;1H/t7-;/m0./s1. The van der Waals surface area contributed by atoms with Crippen molar-refractivity contribution in [3.63, 3.8) is 0 Å². The molecule has 1 N–H and O–H groups in total. The molecule has 0 unspecified atom stereocenters. The normalized spacial score (nSPS) is 12.2. The van der Waals surface area contributed by atoms with Crippen LogP contribution >= 0.6 is 0 Å². The van der Waals surface area contributed by atoms with Gasteiger partial charge in [-0.3, -0.25) is 4.79 Å². The molecule has 0 aliphatic rings. The predicted octanol–water partition coefficient (Wildman–Crippen LogP) is 0.960. The number of likely N-dealkylation sites (N-methyl/N-ethyl adjacent to an activating group) is 1. The van der Waals surface area contributed by atoms with Crippen molar-refractivity contribution in [2.45, 2.75) is 19.9 Å². The molecule has 0 saturated carbocycles. The Morgan fingerprint density at radius 1 is 1.82 bits per heavy atom. The Bertz CT molecular complexity index is 139. The first-order chi connectivity index (χ1) is 5.26. The zero-order valence-corrected chi connectivity index (χ0v) is 7.09. The van der Waals surface area contributed by atoms with Crippen LogP contribution in [0.25, 0.3) is 0 Å². The van der Waals surface area contributed by atoms with Crippen LogP contribution in [0.15, 0.2) is 12.7 Å². The van der Waals surface area contributed by atoms with Gasteiger partial charge < -0.3 is 10.1 Å². The smallest absolute Gasteiger partial charge is 0.327 e. The van der Waals surface area contributed by atoms with Gasteiger partial charge in [-0.25, -0.2) is 0 Å². The average Bonchev–Trinajstić information content (AvgIpc) is 2.00. The Morgan fingerprint density at radius 3 is 2.82 bits per heavy atom. The molecule has 0 amide bonds. The molecule has 0 rings (SSSR count). The van der Waals surface area contributed by atoms with Gasteiger partial charge in [0.25, 0.3) is 0 Å². The van der Waals surface area contributed by atoms with E-state index in [1.165, 1.54) is 0 Å².